The second-order valence-electron chi connectivity index (χ2n) is 5.12. The Morgan fingerprint density at radius 1 is 0.960 bits per heavy atom. The second-order valence-corrected chi connectivity index (χ2v) is 5.97. The third-order valence-corrected chi connectivity index (χ3v) is 3.98. The molecular weight excluding hydrogens is 365 g/mol. The van der Waals surface area contributed by atoms with Gasteiger partial charge in [-0.25, -0.2) is 4.79 Å². The summed E-state index contributed by atoms with van der Waals surface area (Å²) in [6.07, 6.45) is 0. The van der Waals surface area contributed by atoms with Crippen LogP contribution in [0.5, 0.6) is 0 Å². The third-order valence-electron chi connectivity index (χ3n) is 3.42. The molecule has 0 radical (unpaired) electrons. The van der Waals surface area contributed by atoms with Crippen molar-refractivity contribution in [3.63, 3.8) is 0 Å². The first kappa shape index (κ1) is 17.1. The molecule has 1 aromatic heterocycles. The highest BCUT2D eigenvalue weighted by Gasteiger charge is 2.14. The molecule has 7 heteroatoms. The molecule has 2 N–H and O–H groups in total. The maximum absolute atomic E-state index is 12.3. The van der Waals surface area contributed by atoms with Crippen LogP contribution in [0.2, 0.25) is 10.0 Å². The van der Waals surface area contributed by atoms with Crippen molar-refractivity contribution in [3.05, 3.63) is 76.0 Å². The average Bonchev–Trinajstić information content (AvgIpc) is 3.05. The molecule has 0 fully saturated rings. The zero-order chi connectivity index (χ0) is 18.0. The molecule has 0 saturated carbocycles. The number of carbonyl (C=O) groups is 2. The molecule has 126 valence electrons. The number of amides is 1. The number of anilines is 1. The quantitative estimate of drug-likeness (QED) is 0.656. The predicted octanol–water partition coefficient (Wildman–Crippen LogP) is 5.20. The fourth-order valence-electron chi connectivity index (χ4n) is 2.19. The van der Waals surface area contributed by atoms with Crippen LogP contribution >= 0.6 is 23.2 Å². The number of benzene rings is 2. The van der Waals surface area contributed by atoms with Gasteiger partial charge in [-0.3, -0.25) is 4.79 Å². The Balaban J connectivity index is 1.77. The molecule has 2 aromatic carbocycles. The molecule has 5 nitrogen and oxygen atoms in total. The van der Waals surface area contributed by atoms with Crippen molar-refractivity contribution in [2.24, 2.45) is 0 Å². The van der Waals surface area contributed by atoms with E-state index in [4.69, 9.17) is 32.7 Å². The maximum Gasteiger partial charge on any atom is 0.337 e. The van der Waals surface area contributed by atoms with E-state index in [1.54, 1.807) is 36.4 Å². The van der Waals surface area contributed by atoms with Crippen molar-refractivity contribution in [1.82, 2.24) is 0 Å². The highest BCUT2D eigenvalue weighted by molar-refractivity contribution is 6.33. The van der Waals surface area contributed by atoms with Crippen molar-refractivity contribution in [2.45, 2.75) is 0 Å². The van der Waals surface area contributed by atoms with Crippen molar-refractivity contribution >= 4 is 40.8 Å². The van der Waals surface area contributed by atoms with E-state index >= 15 is 0 Å². The summed E-state index contributed by atoms with van der Waals surface area (Å²) in [5.41, 5.74) is 1.12. The summed E-state index contributed by atoms with van der Waals surface area (Å²) in [7, 11) is 0. The van der Waals surface area contributed by atoms with Gasteiger partial charge in [-0.1, -0.05) is 23.2 Å². The first-order valence-electron chi connectivity index (χ1n) is 7.14. The normalized spacial score (nSPS) is 10.5. The monoisotopic (exact) mass is 375 g/mol. The van der Waals surface area contributed by atoms with Crippen molar-refractivity contribution in [1.29, 1.82) is 0 Å². The Bertz CT molecular complexity index is 948. The van der Waals surface area contributed by atoms with E-state index in [1.165, 1.54) is 18.2 Å². The lowest BCUT2D eigenvalue weighted by Crippen LogP contribution is -2.11. The SMILES string of the molecule is O=C(Nc1ccc(C(=O)O)c(Cl)c1)c1ccc(-c2ccc(Cl)cc2)o1. The lowest BCUT2D eigenvalue weighted by atomic mass is 10.2. The highest BCUT2D eigenvalue weighted by Crippen LogP contribution is 2.25. The Kier molecular flexibility index (Phi) is 4.79. The van der Waals surface area contributed by atoms with Gasteiger partial charge in [0.05, 0.1) is 10.6 Å². The number of carbonyl (C=O) groups excluding carboxylic acids is 1. The second kappa shape index (κ2) is 7.01. The molecule has 0 aliphatic carbocycles. The van der Waals surface area contributed by atoms with Gasteiger partial charge in [-0.2, -0.15) is 0 Å². The largest absolute Gasteiger partial charge is 0.478 e. The van der Waals surface area contributed by atoms with Gasteiger partial charge >= 0.3 is 5.97 Å². The zero-order valence-corrected chi connectivity index (χ0v) is 14.1. The van der Waals surface area contributed by atoms with Gasteiger partial charge in [0.15, 0.2) is 5.76 Å². The van der Waals surface area contributed by atoms with Crippen molar-refractivity contribution in [3.8, 4) is 11.3 Å². The van der Waals surface area contributed by atoms with Crippen LogP contribution in [0.1, 0.15) is 20.9 Å². The fourth-order valence-corrected chi connectivity index (χ4v) is 2.58. The van der Waals surface area contributed by atoms with E-state index in [0.29, 0.717) is 16.5 Å². The number of nitrogens with one attached hydrogen (secondary N) is 1. The van der Waals surface area contributed by atoms with Crippen LogP contribution in [0.15, 0.2) is 59.0 Å². The molecule has 3 aromatic rings. The summed E-state index contributed by atoms with van der Waals surface area (Å²) in [4.78, 5) is 23.2. The van der Waals surface area contributed by atoms with Gasteiger partial charge in [-0.05, 0) is 54.6 Å². The van der Waals surface area contributed by atoms with Crippen molar-refractivity contribution < 1.29 is 19.1 Å². The average molecular weight is 376 g/mol. The van der Waals surface area contributed by atoms with Gasteiger partial charge < -0.3 is 14.8 Å². The number of hydrogen-bond acceptors (Lipinski definition) is 3. The summed E-state index contributed by atoms with van der Waals surface area (Å²) in [6, 6.07) is 14.4. The Labute approximate surface area is 152 Å². The first-order chi connectivity index (χ1) is 11.9. The van der Waals surface area contributed by atoms with Crippen molar-refractivity contribution in [2.75, 3.05) is 5.32 Å². The number of aromatic carboxylic acids is 1. The number of hydrogen-bond donors (Lipinski definition) is 2. The molecule has 0 atom stereocenters. The third kappa shape index (κ3) is 3.84. The van der Waals surface area contributed by atoms with Crippen LogP contribution in [0, 0.1) is 0 Å². The lowest BCUT2D eigenvalue weighted by molar-refractivity contribution is 0.0697. The van der Waals surface area contributed by atoms with E-state index in [1.807, 2.05) is 0 Å². The maximum atomic E-state index is 12.3. The molecular formula is C18H11Cl2NO4. The molecule has 0 unspecified atom stereocenters. The summed E-state index contributed by atoms with van der Waals surface area (Å²) in [6.45, 7) is 0. The fraction of sp³-hybridized carbons (Fsp3) is 0. The van der Waals surface area contributed by atoms with Crippen LogP contribution in [0.3, 0.4) is 0 Å². The standard InChI is InChI=1S/C18H11Cl2NO4/c19-11-3-1-10(2-4-11)15-7-8-16(25-15)17(22)21-12-5-6-13(18(23)24)14(20)9-12/h1-9H,(H,21,22)(H,23,24). The van der Waals surface area contributed by atoms with E-state index in [9.17, 15) is 9.59 Å². The summed E-state index contributed by atoms with van der Waals surface area (Å²) in [5.74, 6) is -0.967. The Morgan fingerprint density at radius 2 is 1.68 bits per heavy atom. The summed E-state index contributed by atoms with van der Waals surface area (Å²) >= 11 is 11.7. The summed E-state index contributed by atoms with van der Waals surface area (Å²) in [5, 5.41) is 12.2. The van der Waals surface area contributed by atoms with Crippen LogP contribution in [0.25, 0.3) is 11.3 Å². The van der Waals surface area contributed by atoms with Gasteiger partial charge in [0.2, 0.25) is 0 Å². The molecule has 0 aliphatic heterocycles. The number of halogens is 2. The minimum absolute atomic E-state index is 0.0339. The molecule has 3 rings (SSSR count). The van der Waals surface area contributed by atoms with Gasteiger partial charge in [0.25, 0.3) is 5.91 Å². The van der Waals surface area contributed by atoms with E-state index in [-0.39, 0.29) is 16.3 Å². The van der Waals surface area contributed by atoms with E-state index in [0.717, 1.165) is 5.56 Å². The molecule has 0 aliphatic rings. The topological polar surface area (TPSA) is 79.5 Å². The van der Waals surface area contributed by atoms with E-state index in [2.05, 4.69) is 5.32 Å². The van der Waals surface area contributed by atoms with Crippen LogP contribution in [-0.2, 0) is 0 Å². The number of carboxylic acids is 1. The predicted molar refractivity (Wildman–Crippen MR) is 95.5 cm³/mol. The molecule has 0 bridgehead atoms. The van der Waals surface area contributed by atoms with E-state index < -0.39 is 11.9 Å². The van der Waals surface area contributed by atoms with Gasteiger partial charge in [0.1, 0.15) is 5.76 Å². The Hall–Kier alpha value is -2.76. The first-order valence-corrected chi connectivity index (χ1v) is 7.89. The summed E-state index contributed by atoms with van der Waals surface area (Å²) < 4.78 is 5.55. The zero-order valence-electron chi connectivity index (χ0n) is 12.6. The van der Waals surface area contributed by atoms with Crippen LogP contribution in [0.4, 0.5) is 5.69 Å². The minimum atomic E-state index is -1.14. The highest BCUT2D eigenvalue weighted by atomic mass is 35.5. The number of carboxylic acid groups (broad SMARTS) is 1. The minimum Gasteiger partial charge on any atom is -0.478 e. The molecule has 0 saturated heterocycles. The molecule has 1 amide bonds. The molecule has 25 heavy (non-hydrogen) atoms. The number of furan rings is 1. The molecule has 1 heterocycles. The molecule has 0 spiro atoms. The lowest BCUT2D eigenvalue weighted by Gasteiger charge is -2.05. The Morgan fingerprint density at radius 3 is 2.32 bits per heavy atom. The van der Waals surface area contributed by atoms with Crippen LogP contribution < -0.4 is 5.32 Å². The van der Waals surface area contributed by atoms with Gasteiger partial charge in [0, 0.05) is 16.3 Å². The van der Waals surface area contributed by atoms with Gasteiger partial charge in [-0.15, -0.1) is 0 Å². The smallest absolute Gasteiger partial charge is 0.337 e. The van der Waals surface area contributed by atoms with Crippen LogP contribution in [-0.4, -0.2) is 17.0 Å². The number of rotatable bonds is 4.